The van der Waals surface area contributed by atoms with Gasteiger partial charge in [-0.15, -0.1) is 0 Å². The number of nitrogens with zero attached hydrogens (tertiary/aromatic N) is 1. The number of aliphatic hydroxyl groups is 1. The van der Waals surface area contributed by atoms with Crippen LogP contribution < -0.4 is 10.6 Å². The van der Waals surface area contributed by atoms with E-state index >= 15 is 0 Å². The molecule has 5 nitrogen and oxygen atoms in total. The predicted octanol–water partition coefficient (Wildman–Crippen LogP) is 3.34. The van der Waals surface area contributed by atoms with E-state index in [9.17, 15) is 18.3 Å². The van der Waals surface area contributed by atoms with E-state index in [1.165, 1.54) is 12.1 Å². The molecule has 0 radical (unpaired) electrons. The van der Waals surface area contributed by atoms with Gasteiger partial charge in [0.1, 0.15) is 0 Å². The zero-order valence-corrected chi connectivity index (χ0v) is 16.2. The number of aliphatic imine (C=N–C) groups is 1. The Kier molecular flexibility index (Phi) is 8.95. The zero-order valence-electron chi connectivity index (χ0n) is 16.2. The first kappa shape index (κ1) is 22.7. The third-order valence-electron chi connectivity index (χ3n) is 3.97. The van der Waals surface area contributed by atoms with E-state index in [0.717, 1.165) is 17.7 Å². The van der Waals surface area contributed by atoms with Crippen molar-refractivity contribution in [3.05, 3.63) is 71.3 Å². The number of guanidine groups is 1. The molecule has 0 bridgehead atoms. The van der Waals surface area contributed by atoms with E-state index in [1.807, 2.05) is 37.3 Å². The minimum absolute atomic E-state index is 0.167. The monoisotopic (exact) mass is 409 g/mol. The van der Waals surface area contributed by atoms with Gasteiger partial charge in [-0.1, -0.05) is 42.5 Å². The summed E-state index contributed by atoms with van der Waals surface area (Å²) in [7, 11) is 0. The topological polar surface area (TPSA) is 65.9 Å². The highest BCUT2D eigenvalue weighted by atomic mass is 19.4. The third kappa shape index (κ3) is 8.53. The first-order chi connectivity index (χ1) is 13.9. The molecular formula is C21H26F3N3O2. The van der Waals surface area contributed by atoms with Gasteiger partial charge in [0.05, 0.1) is 31.4 Å². The quantitative estimate of drug-likeness (QED) is 0.439. The highest BCUT2D eigenvalue weighted by molar-refractivity contribution is 5.79. The molecule has 2 rings (SSSR count). The van der Waals surface area contributed by atoms with Crippen LogP contribution in [-0.2, 0) is 24.1 Å². The van der Waals surface area contributed by atoms with Crippen molar-refractivity contribution in [1.29, 1.82) is 0 Å². The van der Waals surface area contributed by atoms with Gasteiger partial charge in [0.15, 0.2) is 5.96 Å². The molecule has 0 saturated carbocycles. The molecular weight excluding hydrogens is 383 g/mol. The summed E-state index contributed by atoms with van der Waals surface area (Å²) in [5, 5.41) is 16.1. The Morgan fingerprint density at radius 2 is 1.72 bits per heavy atom. The summed E-state index contributed by atoms with van der Waals surface area (Å²) < 4.78 is 43.3. The van der Waals surface area contributed by atoms with Crippen LogP contribution >= 0.6 is 0 Å². The van der Waals surface area contributed by atoms with E-state index in [4.69, 9.17) is 4.74 Å². The van der Waals surface area contributed by atoms with Crippen molar-refractivity contribution in [3.63, 3.8) is 0 Å². The average molecular weight is 409 g/mol. The van der Waals surface area contributed by atoms with Gasteiger partial charge in [-0.25, -0.2) is 4.99 Å². The minimum Gasteiger partial charge on any atom is -0.389 e. The van der Waals surface area contributed by atoms with E-state index in [-0.39, 0.29) is 19.7 Å². The summed E-state index contributed by atoms with van der Waals surface area (Å²) >= 11 is 0. The van der Waals surface area contributed by atoms with Crippen LogP contribution in [0.1, 0.15) is 23.6 Å². The van der Waals surface area contributed by atoms with E-state index in [1.54, 1.807) is 0 Å². The van der Waals surface area contributed by atoms with E-state index in [0.29, 0.717) is 24.7 Å². The Balaban J connectivity index is 1.79. The Morgan fingerprint density at radius 1 is 1.03 bits per heavy atom. The molecule has 0 aliphatic rings. The molecule has 29 heavy (non-hydrogen) atoms. The summed E-state index contributed by atoms with van der Waals surface area (Å²) in [5.74, 6) is 0.467. The van der Waals surface area contributed by atoms with Crippen molar-refractivity contribution in [2.45, 2.75) is 32.4 Å². The number of benzene rings is 2. The summed E-state index contributed by atoms with van der Waals surface area (Å²) in [6.45, 7) is 3.54. The molecule has 2 aromatic rings. The van der Waals surface area contributed by atoms with Crippen LogP contribution in [0.4, 0.5) is 13.2 Å². The normalized spacial score (nSPS) is 13.2. The molecule has 0 spiro atoms. The SMILES string of the molecule is CCNC(=NCc1ccc(C(F)(F)F)cc1)NCC(O)COCc1ccccc1. The standard InChI is InChI=1S/C21H26F3N3O2/c1-2-25-20(26-12-16-8-10-18(11-9-16)21(22,23)24)27-13-19(28)15-29-14-17-6-4-3-5-7-17/h3-11,19,28H,2,12-15H2,1H3,(H2,25,26,27). The molecule has 0 fully saturated rings. The second kappa shape index (κ2) is 11.4. The van der Waals surface area contributed by atoms with Gasteiger partial charge < -0.3 is 20.5 Å². The van der Waals surface area contributed by atoms with Crippen molar-refractivity contribution in [1.82, 2.24) is 10.6 Å². The van der Waals surface area contributed by atoms with Crippen LogP contribution in [0.2, 0.25) is 0 Å². The lowest BCUT2D eigenvalue weighted by molar-refractivity contribution is -0.137. The first-order valence-electron chi connectivity index (χ1n) is 9.36. The lowest BCUT2D eigenvalue weighted by Crippen LogP contribution is -2.42. The molecule has 1 atom stereocenters. The highest BCUT2D eigenvalue weighted by Crippen LogP contribution is 2.29. The number of ether oxygens (including phenoxy) is 1. The molecule has 2 aromatic carbocycles. The van der Waals surface area contributed by atoms with E-state index < -0.39 is 17.8 Å². The molecule has 1 unspecified atom stereocenters. The van der Waals surface area contributed by atoms with Crippen molar-refractivity contribution in [3.8, 4) is 0 Å². The number of nitrogens with one attached hydrogen (secondary N) is 2. The summed E-state index contributed by atoms with van der Waals surface area (Å²) in [5.41, 5.74) is 0.995. The number of alkyl halides is 3. The smallest absolute Gasteiger partial charge is 0.389 e. The van der Waals surface area contributed by atoms with Crippen molar-refractivity contribution in [2.24, 2.45) is 4.99 Å². The van der Waals surface area contributed by atoms with Gasteiger partial charge in [-0.05, 0) is 30.2 Å². The number of hydrogen-bond donors (Lipinski definition) is 3. The predicted molar refractivity (Wildman–Crippen MR) is 106 cm³/mol. The zero-order chi connectivity index (χ0) is 21.1. The van der Waals surface area contributed by atoms with Gasteiger partial charge in [-0.2, -0.15) is 13.2 Å². The lowest BCUT2D eigenvalue weighted by atomic mass is 10.1. The van der Waals surface area contributed by atoms with Crippen LogP contribution in [-0.4, -0.2) is 36.9 Å². The lowest BCUT2D eigenvalue weighted by Gasteiger charge is -2.15. The van der Waals surface area contributed by atoms with Crippen LogP contribution in [0.5, 0.6) is 0 Å². The van der Waals surface area contributed by atoms with Gasteiger partial charge in [0, 0.05) is 13.1 Å². The molecule has 0 aliphatic heterocycles. The fraction of sp³-hybridized carbons (Fsp3) is 0.381. The summed E-state index contributed by atoms with van der Waals surface area (Å²) in [6.07, 6.45) is -5.08. The van der Waals surface area contributed by atoms with Crippen molar-refractivity contribution < 1.29 is 23.0 Å². The van der Waals surface area contributed by atoms with Crippen LogP contribution in [0.15, 0.2) is 59.6 Å². The van der Waals surface area contributed by atoms with Gasteiger partial charge in [0.2, 0.25) is 0 Å². The maximum Gasteiger partial charge on any atom is 0.416 e. The Labute approximate surface area is 168 Å². The Morgan fingerprint density at radius 3 is 2.34 bits per heavy atom. The fourth-order valence-corrected chi connectivity index (χ4v) is 2.47. The average Bonchev–Trinajstić information content (AvgIpc) is 2.70. The second-order valence-corrected chi connectivity index (χ2v) is 6.43. The van der Waals surface area contributed by atoms with Gasteiger partial charge in [0.25, 0.3) is 0 Å². The minimum atomic E-state index is -4.35. The molecule has 0 aromatic heterocycles. The van der Waals surface area contributed by atoms with Crippen molar-refractivity contribution >= 4 is 5.96 Å². The van der Waals surface area contributed by atoms with Gasteiger partial charge >= 0.3 is 6.18 Å². The maximum atomic E-state index is 12.6. The summed E-state index contributed by atoms with van der Waals surface area (Å²) in [4.78, 5) is 4.34. The Bertz CT molecular complexity index is 750. The molecule has 0 saturated heterocycles. The third-order valence-corrected chi connectivity index (χ3v) is 3.97. The molecule has 8 heteroatoms. The molecule has 3 N–H and O–H groups in total. The van der Waals surface area contributed by atoms with E-state index in [2.05, 4.69) is 15.6 Å². The molecule has 0 heterocycles. The van der Waals surface area contributed by atoms with Crippen molar-refractivity contribution in [2.75, 3.05) is 19.7 Å². The molecule has 0 amide bonds. The molecule has 0 aliphatic carbocycles. The Hall–Kier alpha value is -2.58. The first-order valence-corrected chi connectivity index (χ1v) is 9.36. The number of hydrogen-bond acceptors (Lipinski definition) is 3. The fourth-order valence-electron chi connectivity index (χ4n) is 2.47. The maximum absolute atomic E-state index is 12.6. The van der Waals surface area contributed by atoms with Crippen LogP contribution in [0.3, 0.4) is 0 Å². The van der Waals surface area contributed by atoms with Crippen LogP contribution in [0.25, 0.3) is 0 Å². The largest absolute Gasteiger partial charge is 0.416 e. The highest BCUT2D eigenvalue weighted by Gasteiger charge is 2.29. The number of aliphatic hydroxyl groups excluding tert-OH is 1. The number of halogens is 3. The van der Waals surface area contributed by atoms with Gasteiger partial charge in [-0.3, -0.25) is 0 Å². The molecule has 158 valence electrons. The van der Waals surface area contributed by atoms with Crippen LogP contribution in [0, 0.1) is 0 Å². The number of rotatable bonds is 9. The second-order valence-electron chi connectivity index (χ2n) is 6.43. The summed E-state index contributed by atoms with van der Waals surface area (Å²) in [6, 6.07) is 14.6.